The number of carbonyl (C=O) groups excluding carboxylic acids is 1. The van der Waals surface area contributed by atoms with Gasteiger partial charge < -0.3 is 10.0 Å². The molecule has 1 atom stereocenters. The summed E-state index contributed by atoms with van der Waals surface area (Å²) in [5.74, 6) is -0.104. The molecule has 2 rings (SSSR count). The van der Waals surface area contributed by atoms with Crippen molar-refractivity contribution >= 4 is 35.2 Å². The highest BCUT2D eigenvalue weighted by molar-refractivity contribution is 6.34. The standard InChI is InChI=1S/C14H15Cl2NO2/c15-11-4-5-13(16)10(8-11)3-6-14(19)17-7-1-2-12(17)9-18/h3-6,8,12,18H,1-2,7,9H2/b6-3+/t12-/m1/s1. The molecular weight excluding hydrogens is 285 g/mol. The smallest absolute Gasteiger partial charge is 0.246 e. The minimum Gasteiger partial charge on any atom is -0.394 e. The molecule has 1 aliphatic heterocycles. The van der Waals surface area contributed by atoms with Crippen molar-refractivity contribution in [2.45, 2.75) is 18.9 Å². The summed E-state index contributed by atoms with van der Waals surface area (Å²) >= 11 is 11.9. The molecule has 102 valence electrons. The Morgan fingerprint density at radius 2 is 2.26 bits per heavy atom. The molecule has 19 heavy (non-hydrogen) atoms. The lowest BCUT2D eigenvalue weighted by Crippen LogP contribution is -2.36. The third-order valence-corrected chi connectivity index (χ3v) is 3.81. The van der Waals surface area contributed by atoms with E-state index in [1.54, 1.807) is 29.2 Å². The molecule has 3 nitrogen and oxygen atoms in total. The summed E-state index contributed by atoms with van der Waals surface area (Å²) in [7, 11) is 0. The molecule has 1 heterocycles. The second kappa shape index (κ2) is 6.42. The van der Waals surface area contributed by atoms with Gasteiger partial charge >= 0.3 is 0 Å². The number of halogens is 2. The summed E-state index contributed by atoms with van der Waals surface area (Å²) in [6.45, 7) is 0.704. The monoisotopic (exact) mass is 299 g/mol. The van der Waals surface area contributed by atoms with Crippen molar-refractivity contribution in [3.63, 3.8) is 0 Å². The average Bonchev–Trinajstić information content (AvgIpc) is 2.88. The largest absolute Gasteiger partial charge is 0.394 e. The van der Waals surface area contributed by atoms with Crippen LogP contribution in [-0.4, -0.2) is 35.1 Å². The molecule has 0 aliphatic carbocycles. The average molecular weight is 300 g/mol. The first-order valence-electron chi connectivity index (χ1n) is 6.16. The molecule has 5 heteroatoms. The minimum absolute atomic E-state index is 0.0114. The second-order valence-corrected chi connectivity index (χ2v) is 5.35. The number of aliphatic hydroxyl groups excluding tert-OH is 1. The molecule has 0 bridgehead atoms. The van der Waals surface area contributed by atoms with Gasteiger partial charge in [-0.05, 0) is 42.7 Å². The normalized spacial score (nSPS) is 19.3. The summed E-state index contributed by atoms with van der Waals surface area (Å²) in [5, 5.41) is 10.3. The zero-order valence-electron chi connectivity index (χ0n) is 10.4. The zero-order chi connectivity index (χ0) is 13.8. The molecule has 1 amide bonds. The number of rotatable bonds is 3. The fourth-order valence-electron chi connectivity index (χ4n) is 2.21. The van der Waals surface area contributed by atoms with Gasteiger partial charge in [-0.3, -0.25) is 4.79 Å². The zero-order valence-corrected chi connectivity index (χ0v) is 11.9. The molecule has 1 aromatic carbocycles. The first kappa shape index (κ1) is 14.4. The Morgan fingerprint density at radius 3 is 3.00 bits per heavy atom. The van der Waals surface area contributed by atoms with Crippen molar-refractivity contribution in [1.82, 2.24) is 4.90 Å². The highest BCUT2D eigenvalue weighted by atomic mass is 35.5. The topological polar surface area (TPSA) is 40.5 Å². The highest BCUT2D eigenvalue weighted by Crippen LogP contribution is 2.22. The lowest BCUT2D eigenvalue weighted by Gasteiger charge is -2.21. The van der Waals surface area contributed by atoms with Gasteiger partial charge in [0.15, 0.2) is 0 Å². The van der Waals surface area contributed by atoms with Crippen LogP contribution in [0.1, 0.15) is 18.4 Å². The summed E-state index contributed by atoms with van der Waals surface area (Å²) in [6, 6.07) is 5.04. The van der Waals surface area contributed by atoms with E-state index in [1.807, 2.05) is 0 Å². The predicted molar refractivity (Wildman–Crippen MR) is 77.3 cm³/mol. The molecule has 0 spiro atoms. The van der Waals surface area contributed by atoms with Crippen molar-refractivity contribution in [2.24, 2.45) is 0 Å². The van der Waals surface area contributed by atoms with E-state index < -0.39 is 0 Å². The predicted octanol–water partition coefficient (Wildman–Crippen LogP) is 2.99. The van der Waals surface area contributed by atoms with Gasteiger partial charge in [0, 0.05) is 22.7 Å². The number of hydrogen-bond acceptors (Lipinski definition) is 2. The van der Waals surface area contributed by atoms with E-state index in [1.165, 1.54) is 6.08 Å². The van der Waals surface area contributed by atoms with E-state index in [2.05, 4.69) is 0 Å². The number of benzene rings is 1. The molecule has 0 saturated carbocycles. The maximum absolute atomic E-state index is 12.0. The number of likely N-dealkylation sites (tertiary alicyclic amines) is 1. The van der Waals surface area contributed by atoms with Crippen LogP contribution in [-0.2, 0) is 4.79 Å². The van der Waals surface area contributed by atoms with Crippen LogP contribution in [0.25, 0.3) is 6.08 Å². The maximum atomic E-state index is 12.0. The van der Waals surface area contributed by atoms with Crippen molar-refractivity contribution < 1.29 is 9.90 Å². The Balaban J connectivity index is 2.09. The van der Waals surface area contributed by atoms with Gasteiger partial charge in [-0.15, -0.1) is 0 Å². The van der Waals surface area contributed by atoms with Gasteiger partial charge in [0.05, 0.1) is 12.6 Å². The van der Waals surface area contributed by atoms with Crippen molar-refractivity contribution in [3.8, 4) is 0 Å². The number of amides is 1. The summed E-state index contributed by atoms with van der Waals surface area (Å²) in [4.78, 5) is 13.7. The lowest BCUT2D eigenvalue weighted by atomic mass is 10.2. The fraction of sp³-hybridized carbons (Fsp3) is 0.357. The van der Waals surface area contributed by atoms with Crippen LogP contribution < -0.4 is 0 Å². The van der Waals surface area contributed by atoms with Gasteiger partial charge in [0.2, 0.25) is 5.91 Å². The van der Waals surface area contributed by atoms with E-state index in [-0.39, 0.29) is 18.6 Å². The minimum atomic E-state index is -0.104. The van der Waals surface area contributed by atoms with Gasteiger partial charge in [-0.2, -0.15) is 0 Å². The van der Waals surface area contributed by atoms with Crippen LogP contribution in [0.3, 0.4) is 0 Å². The number of nitrogens with zero attached hydrogens (tertiary/aromatic N) is 1. The van der Waals surface area contributed by atoms with Gasteiger partial charge in [0.25, 0.3) is 0 Å². The van der Waals surface area contributed by atoms with Gasteiger partial charge in [0.1, 0.15) is 0 Å². The van der Waals surface area contributed by atoms with E-state index in [4.69, 9.17) is 23.2 Å². The van der Waals surface area contributed by atoms with Crippen LogP contribution in [0.4, 0.5) is 0 Å². The molecule has 0 aromatic heterocycles. The molecule has 1 aromatic rings. The first-order chi connectivity index (χ1) is 9.11. The Kier molecular flexibility index (Phi) is 4.86. The van der Waals surface area contributed by atoms with Crippen molar-refractivity contribution in [2.75, 3.05) is 13.2 Å². The number of aliphatic hydroxyl groups is 1. The van der Waals surface area contributed by atoms with Crippen molar-refractivity contribution in [3.05, 3.63) is 39.9 Å². The number of carbonyl (C=O) groups is 1. The fourth-order valence-corrected chi connectivity index (χ4v) is 2.58. The molecule has 0 radical (unpaired) electrons. The molecule has 1 aliphatic rings. The summed E-state index contributed by atoms with van der Waals surface area (Å²) in [6.07, 6.45) is 4.92. The Labute approximate surface area is 122 Å². The lowest BCUT2D eigenvalue weighted by molar-refractivity contribution is -0.127. The summed E-state index contributed by atoms with van der Waals surface area (Å²) in [5.41, 5.74) is 0.710. The maximum Gasteiger partial charge on any atom is 0.246 e. The molecule has 1 N–H and O–H groups in total. The van der Waals surface area contributed by atoms with Crippen LogP contribution in [0.2, 0.25) is 10.0 Å². The Bertz CT molecular complexity index is 502. The molecular formula is C14H15Cl2NO2. The third kappa shape index (κ3) is 3.50. The van der Waals surface area contributed by atoms with E-state index in [0.29, 0.717) is 22.2 Å². The van der Waals surface area contributed by atoms with Gasteiger partial charge in [-0.1, -0.05) is 23.2 Å². The number of hydrogen-bond donors (Lipinski definition) is 1. The quantitative estimate of drug-likeness (QED) is 0.872. The molecule has 1 fully saturated rings. The SMILES string of the molecule is O=C(/C=C/c1cc(Cl)ccc1Cl)N1CCC[C@@H]1CO. The van der Waals surface area contributed by atoms with E-state index in [0.717, 1.165) is 12.8 Å². The molecule has 0 unspecified atom stereocenters. The highest BCUT2D eigenvalue weighted by Gasteiger charge is 2.26. The van der Waals surface area contributed by atoms with Crippen LogP contribution >= 0.6 is 23.2 Å². The van der Waals surface area contributed by atoms with Crippen LogP contribution in [0.15, 0.2) is 24.3 Å². The Hall–Kier alpha value is -1.03. The van der Waals surface area contributed by atoms with E-state index in [9.17, 15) is 9.90 Å². The second-order valence-electron chi connectivity index (χ2n) is 4.51. The van der Waals surface area contributed by atoms with Crippen LogP contribution in [0.5, 0.6) is 0 Å². The summed E-state index contributed by atoms with van der Waals surface area (Å²) < 4.78 is 0. The third-order valence-electron chi connectivity index (χ3n) is 3.23. The van der Waals surface area contributed by atoms with E-state index >= 15 is 0 Å². The van der Waals surface area contributed by atoms with Crippen LogP contribution in [0, 0.1) is 0 Å². The molecule has 1 saturated heterocycles. The van der Waals surface area contributed by atoms with Crippen molar-refractivity contribution in [1.29, 1.82) is 0 Å². The van der Waals surface area contributed by atoms with Gasteiger partial charge in [-0.25, -0.2) is 0 Å². The Morgan fingerprint density at radius 1 is 1.47 bits per heavy atom. The first-order valence-corrected chi connectivity index (χ1v) is 6.92.